The Morgan fingerprint density at radius 2 is 1.77 bits per heavy atom. The molecule has 0 radical (unpaired) electrons. The number of para-hydroxylation sites is 2. The van der Waals surface area contributed by atoms with Crippen molar-refractivity contribution in [1.29, 1.82) is 0 Å². The number of rotatable bonds is 5. The van der Waals surface area contributed by atoms with Crippen molar-refractivity contribution in [3.63, 3.8) is 0 Å². The van der Waals surface area contributed by atoms with Gasteiger partial charge in [-0.1, -0.05) is 12.1 Å². The zero-order chi connectivity index (χ0) is 27.7. The number of anilines is 2. The first-order chi connectivity index (χ1) is 19.4. The van der Waals surface area contributed by atoms with Crippen molar-refractivity contribution < 1.29 is 22.6 Å². The molecule has 3 aliphatic rings. The third-order valence-corrected chi connectivity index (χ3v) is 6.89. The van der Waals surface area contributed by atoms with Crippen LogP contribution in [0.25, 0.3) is 28.1 Å². The van der Waals surface area contributed by atoms with Gasteiger partial charge in [-0.15, -0.1) is 0 Å². The van der Waals surface area contributed by atoms with Gasteiger partial charge in [-0.25, -0.2) is 9.97 Å². The molecule has 10 heteroatoms. The van der Waals surface area contributed by atoms with Gasteiger partial charge in [-0.05, 0) is 67.4 Å². The van der Waals surface area contributed by atoms with Crippen LogP contribution in [0.3, 0.4) is 0 Å². The van der Waals surface area contributed by atoms with E-state index in [4.69, 9.17) is 19.5 Å². The largest absolute Gasteiger partial charge is 0.481 e. The van der Waals surface area contributed by atoms with Gasteiger partial charge in [0.25, 0.3) is 0 Å². The van der Waals surface area contributed by atoms with Gasteiger partial charge < -0.3 is 19.4 Å². The van der Waals surface area contributed by atoms with Crippen molar-refractivity contribution in [2.45, 2.75) is 25.1 Å². The van der Waals surface area contributed by atoms with Crippen molar-refractivity contribution >= 4 is 22.4 Å². The van der Waals surface area contributed by atoms with Crippen molar-refractivity contribution in [1.82, 2.24) is 14.5 Å². The molecule has 0 atom stereocenters. The Labute approximate surface area is 228 Å². The Balaban J connectivity index is 1.57. The number of methoxy groups -OCH3 is 1. The molecule has 2 aliphatic heterocycles. The van der Waals surface area contributed by atoms with Crippen LogP contribution >= 0.6 is 0 Å². The lowest BCUT2D eigenvalue weighted by Gasteiger charge is -2.22. The molecule has 0 unspecified atom stereocenters. The van der Waals surface area contributed by atoms with E-state index < -0.39 is 11.7 Å². The zero-order valence-corrected chi connectivity index (χ0v) is 21.7. The highest BCUT2D eigenvalue weighted by atomic mass is 19.4. The van der Waals surface area contributed by atoms with Gasteiger partial charge in [-0.2, -0.15) is 13.2 Å². The van der Waals surface area contributed by atoms with Crippen LogP contribution in [0.2, 0.25) is 0 Å². The summed E-state index contributed by atoms with van der Waals surface area (Å²) in [6, 6.07) is 20.3. The number of fused-ring (bicyclic) bond motifs is 2. The molecule has 1 aliphatic carbocycles. The molecular weight excluding hydrogens is 519 g/mol. The third-order valence-electron chi connectivity index (χ3n) is 6.89. The number of ether oxygens (including phenoxy) is 2. The van der Waals surface area contributed by atoms with E-state index in [1.54, 1.807) is 19.4 Å². The summed E-state index contributed by atoms with van der Waals surface area (Å²) >= 11 is 0. The summed E-state index contributed by atoms with van der Waals surface area (Å²) in [5.74, 6) is 0.502. The minimum atomic E-state index is -4.42. The van der Waals surface area contributed by atoms with Gasteiger partial charge in [0, 0.05) is 25.0 Å². The van der Waals surface area contributed by atoms with Gasteiger partial charge in [0.2, 0.25) is 5.88 Å². The molecule has 6 rings (SSSR count). The molecule has 1 N–H and O–H groups in total. The van der Waals surface area contributed by atoms with Crippen LogP contribution in [-0.4, -0.2) is 40.9 Å². The van der Waals surface area contributed by atoms with Crippen molar-refractivity contribution in [2.75, 3.05) is 25.6 Å². The maximum atomic E-state index is 13.3. The molecule has 2 aromatic carbocycles. The van der Waals surface area contributed by atoms with Crippen LogP contribution in [-0.2, 0) is 10.9 Å². The van der Waals surface area contributed by atoms with E-state index in [1.165, 1.54) is 12.1 Å². The second-order valence-electron chi connectivity index (χ2n) is 9.53. The number of aromatic nitrogens is 3. The van der Waals surface area contributed by atoms with Gasteiger partial charge in [0.05, 0.1) is 64.1 Å². The number of pyridine rings is 1. The lowest BCUT2D eigenvalue weighted by Crippen LogP contribution is -2.23. The number of nitrogens with one attached hydrogen (secondary N) is 1. The summed E-state index contributed by atoms with van der Waals surface area (Å²) in [5, 5.41) is 4.14. The molecule has 3 aromatic rings. The third kappa shape index (κ3) is 5.22. The van der Waals surface area contributed by atoms with Crippen LogP contribution in [0.1, 0.15) is 18.4 Å². The Hall–Kier alpha value is -4.44. The van der Waals surface area contributed by atoms with Crippen LogP contribution in [0.5, 0.6) is 5.88 Å². The number of hydrogen-bond donors (Lipinski definition) is 1. The predicted molar refractivity (Wildman–Crippen MR) is 146 cm³/mol. The fourth-order valence-electron chi connectivity index (χ4n) is 4.87. The normalized spacial score (nSPS) is 15.1. The lowest BCUT2D eigenvalue weighted by molar-refractivity contribution is -0.137. The van der Waals surface area contributed by atoms with Crippen LogP contribution in [0, 0.1) is 0 Å². The molecule has 1 fully saturated rings. The molecule has 1 aromatic heterocycles. The molecule has 3 heterocycles. The summed E-state index contributed by atoms with van der Waals surface area (Å²) in [7, 11) is 1.56. The quantitative estimate of drug-likeness (QED) is 0.260. The Kier molecular flexibility index (Phi) is 6.85. The fraction of sp³-hybridized carbons (Fsp3) is 0.233. The maximum Gasteiger partial charge on any atom is 0.416 e. The zero-order valence-electron chi connectivity index (χ0n) is 21.7. The second-order valence-corrected chi connectivity index (χ2v) is 9.53. The summed E-state index contributed by atoms with van der Waals surface area (Å²) in [5.41, 5.74) is 4.25. The smallest absolute Gasteiger partial charge is 0.416 e. The highest BCUT2D eigenvalue weighted by Crippen LogP contribution is 2.33. The minimum absolute atomic E-state index is 0.0775. The summed E-state index contributed by atoms with van der Waals surface area (Å²) < 4.78 is 52.6. The molecule has 7 nitrogen and oxygen atoms in total. The van der Waals surface area contributed by atoms with Crippen molar-refractivity contribution in [2.24, 2.45) is 4.99 Å². The number of halogens is 3. The average molecular weight is 546 g/mol. The van der Waals surface area contributed by atoms with Crippen molar-refractivity contribution in [3.8, 4) is 23.0 Å². The van der Waals surface area contributed by atoms with E-state index >= 15 is 0 Å². The molecule has 0 bridgehead atoms. The summed E-state index contributed by atoms with van der Waals surface area (Å²) in [4.78, 5) is 14.3. The highest BCUT2D eigenvalue weighted by Gasteiger charge is 2.30. The SMILES string of the molecule is COc1ccc(Nc2cc3nc4ccccc4n(-c4ccc(C(F)(F)F)cc4)c-3cc2=NC2CCOCC2)cn1. The van der Waals surface area contributed by atoms with E-state index in [1.807, 2.05) is 47.0 Å². The van der Waals surface area contributed by atoms with E-state index in [-0.39, 0.29) is 6.04 Å². The molecule has 0 saturated carbocycles. The molecular formula is C30H26F3N5O2. The first-order valence-corrected chi connectivity index (χ1v) is 12.9. The number of hydrogen-bond acceptors (Lipinski definition) is 6. The monoisotopic (exact) mass is 545 g/mol. The van der Waals surface area contributed by atoms with E-state index in [0.29, 0.717) is 41.3 Å². The van der Waals surface area contributed by atoms with Crippen LogP contribution in [0.15, 0.2) is 84.0 Å². The fourth-order valence-corrected chi connectivity index (χ4v) is 4.87. The van der Waals surface area contributed by atoms with E-state index in [2.05, 4.69) is 10.3 Å². The molecule has 0 amide bonds. The van der Waals surface area contributed by atoms with Gasteiger partial charge in [-0.3, -0.25) is 4.99 Å². The summed E-state index contributed by atoms with van der Waals surface area (Å²) in [6.07, 6.45) is -1.14. The Bertz CT molecular complexity index is 1680. The standard InChI is InChI=1S/C30H26F3N5O2/c1-39-29-11-8-21(18-34-29)36-24-16-26-28(17-25(24)35-20-12-14-40-15-13-20)38(27-5-3-2-4-23(27)37-26)22-9-6-19(7-10-22)30(31,32)33/h2-11,16-18,20,36H,12-15H2,1H3. The number of alkyl halides is 3. The van der Waals surface area contributed by atoms with E-state index in [9.17, 15) is 13.2 Å². The van der Waals surface area contributed by atoms with Crippen LogP contribution < -0.4 is 15.4 Å². The second kappa shape index (κ2) is 10.6. The number of benzene rings is 3. The van der Waals surface area contributed by atoms with Crippen LogP contribution in [0.4, 0.5) is 24.5 Å². The Morgan fingerprint density at radius 3 is 2.48 bits per heavy atom. The number of nitrogens with zero attached hydrogens (tertiary/aromatic N) is 4. The lowest BCUT2D eigenvalue weighted by atomic mass is 10.1. The predicted octanol–water partition coefficient (Wildman–Crippen LogP) is 6.38. The first kappa shape index (κ1) is 25.8. The topological polar surface area (TPSA) is 73.6 Å². The minimum Gasteiger partial charge on any atom is -0.481 e. The molecule has 40 heavy (non-hydrogen) atoms. The Morgan fingerprint density at radius 1 is 1.00 bits per heavy atom. The molecule has 1 saturated heterocycles. The first-order valence-electron chi connectivity index (χ1n) is 12.9. The average Bonchev–Trinajstić information content (AvgIpc) is 2.97. The summed E-state index contributed by atoms with van der Waals surface area (Å²) in [6.45, 7) is 1.29. The maximum absolute atomic E-state index is 13.3. The van der Waals surface area contributed by atoms with E-state index in [0.717, 1.165) is 47.6 Å². The van der Waals surface area contributed by atoms with Gasteiger partial charge >= 0.3 is 6.18 Å². The molecule has 204 valence electrons. The van der Waals surface area contributed by atoms with Gasteiger partial charge in [0.15, 0.2) is 0 Å². The van der Waals surface area contributed by atoms with Crippen molar-refractivity contribution in [3.05, 3.63) is 89.9 Å². The van der Waals surface area contributed by atoms with Gasteiger partial charge in [0.1, 0.15) is 0 Å². The molecule has 0 spiro atoms. The highest BCUT2D eigenvalue weighted by molar-refractivity contribution is 5.84.